The number of nitrogens with one attached hydrogen (secondary N) is 1. The fourth-order valence-corrected chi connectivity index (χ4v) is 2.34. The van der Waals surface area contributed by atoms with Crippen LogP contribution in [0, 0.1) is 0 Å². The molecule has 2 rings (SSSR count). The van der Waals surface area contributed by atoms with Crippen LogP contribution < -0.4 is 5.32 Å². The van der Waals surface area contributed by atoms with Crippen LogP contribution >= 0.6 is 11.6 Å². The third-order valence-electron chi connectivity index (χ3n) is 3.15. The van der Waals surface area contributed by atoms with Crippen LogP contribution in [0.1, 0.15) is 36.0 Å². The number of pyridine rings is 1. The third kappa shape index (κ3) is 4.08. The van der Waals surface area contributed by atoms with Crippen molar-refractivity contribution >= 4 is 23.4 Å². The van der Waals surface area contributed by atoms with E-state index in [9.17, 15) is 4.79 Å². The minimum absolute atomic E-state index is 0.0517. The molecule has 0 bridgehead atoms. The SMILES string of the molecule is O=C(O)c1cc(NCCOC2CCCC2)ncc1Cl. The molecule has 0 radical (unpaired) electrons. The second-order valence-electron chi connectivity index (χ2n) is 4.56. The van der Waals surface area contributed by atoms with Crippen molar-refractivity contribution in [1.29, 1.82) is 0 Å². The number of rotatable bonds is 6. The highest BCUT2D eigenvalue weighted by Gasteiger charge is 2.15. The largest absolute Gasteiger partial charge is 0.478 e. The molecule has 0 unspecified atom stereocenters. The predicted octanol–water partition coefficient (Wildman–Crippen LogP) is 2.80. The Kier molecular flexibility index (Phi) is 4.99. The number of aromatic nitrogens is 1. The van der Waals surface area contributed by atoms with Gasteiger partial charge in [0.05, 0.1) is 23.3 Å². The Balaban J connectivity index is 1.79. The molecule has 0 aliphatic heterocycles. The van der Waals surface area contributed by atoms with Gasteiger partial charge in [0, 0.05) is 12.7 Å². The van der Waals surface area contributed by atoms with Crippen molar-refractivity contribution in [3.63, 3.8) is 0 Å². The Labute approximate surface area is 116 Å². The highest BCUT2D eigenvalue weighted by atomic mass is 35.5. The molecule has 1 fully saturated rings. The fraction of sp³-hybridized carbons (Fsp3) is 0.538. The molecule has 104 valence electrons. The Morgan fingerprint density at radius 1 is 1.53 bits per heavy atom. The maximum Gasteiger partial charge on any atom is 0.337 e. The molecule has 5 nitrogen and oxygen atoms in total. The zero-order chi connectivity index (χ0) is 13.7. The molecule has 1 saturated carbocycles. The van der Waals surface area contributed by atoms with Crippen molar-refractivity contribution in [1.82, 2.24) is 4.98 Å². The molecular formula is C13H17ClN2O3. The molecule has 0 spiro atoms. The van der Waals surface area contributed by atoms with Gasteiger partial charge in [0.15, 0.2) is 0 Å². The topological polar surface area (TPSA) is 71.5 Å². The average Bonchev–Trinajstić information content (AvgIpc) is 2.89. The Morgan fingerprint density at radius 2 is 2.26 bits per heavy atom. The van der Waals surface area contributed by atoms with E-state index in [-0.39, 0.29) is 10.6 Å². The van der Waals surface area contributed by atoms with E-state index in [1.54, 1.807) is 0 Å². The van der Waals surface area contributed by atoms with Gasteiger partial charge in [0.2, 0.25) is 0 Å². The summed E-state index contributed by atoms with van der Waals surface area (Å²) in [5, 5.41) is 12.1. The number of nitrogens with zero attached hydrogens (tertiary/aromatic N) is 1. The summed E-state index contributed by atoms with van der Waals surface area (Å²) in [4.78, 5) is 14.9. The van der Waals surface area contributed by atoms with Crippen molar-refractivity contribution in [2.24, 2.45) is 0 Å². The number of ether oxygens (including phenoxy) is 1. The molecule has 1 aliphatic rings. The quantitative estimate of drug-likeness (QED) is 0.786. The molecule has 0 amide bonds. The summed E-state index contributed by atoms with van der Waals surface area (Å²) in [6, 6.07) is 1.43. The number of anilines is 1. The lowest BCUT2D eigenvalue weighted by atomic mass is 10.2. The molecule has 2 N–H and O–H groups in total. The minimum atomic E-state index is -1.06. The first-order valence-corrected chi connectivity index (χ1v) is 6.79. The van der Waals surface area contributed by atoms with Gasteiger partial charge in [0.25, 0.3) is 0 Å². The lowest BCUT2D eigenvalue weighted by Crippen LogP contribution is -2.16. The fourth-order valence-electron chi connectivity index (χ4n) is 2.16. The first-order valence-electron chi connectivity index (χ1n) is 6.41. The highest BCUT2D eigenvalue weighted by Crippen LogP contribution is 2.21. The van der Waals surface area contributed by atoms with E-state index in [4.69, 9.17) is 21.4 Å². The van der Waals surface area contributed by atoms with E-state index in [0.717, 1.165) is 12.8 Å². The number of carbonyl (C=O) groups is 1. The average molecular weight is 285 g/mol. The van der Waals surface area contributed by atoms with Crippen molar-refractivity contribution in [3.8, 4) is 0 Å². The van der Waals surface area contributed by atoms with E-state index in [1.165, 1.54) is 25.1 Å². The van der Waals surface area contributed by atoms with Crippen LogP contribution in [-0.4, -0.2) is 35.3 Å². The number of aromatic carboxylic acids is 1. The summed E-state index contributed by atoms with van der Waals surface area (Å²) in [6.45, 7) is 1.20. The number of carboxylic acids is 1. The molecule has 1 aliphatic carbocycles. The predicted molar refractivity (Wildman–Crippen MR) is 72.9 cm³/mol. The van der Waals surface area contributed by atoms with Crippen molar-refractivity contribution in [2.45, 2.75) is 31.8 Å². The maximum atomic E-state index is 10.9. The van der Waals surface area contributed by atoms with Crippen molar-refractivity contribution in [2.75, 3.05) is 18.5 Å². The molecule has 0 aromatic carbocycles. The molecular weight excluding hydrogens is 268 g/mol. The molecule has 19 heavy (non-hydrogen) atoms. The van der Waals surface area contributed by atoms with Gasteiger partial charge < -0.3 is 15.2 Å². The summed E-state index contributed by atoms with van der Waals surface area (Å²) in [6.07, 6.45) is 6.50. The van der Waals surface area contributed by atoms with E-state index in [2.05, 4.69) is 10.3 Å². The zero-order valence-electron chi connectivity index (χ0n) is 10.6. The summed E-state index contributed by atoms with van der Waals surface area (Å²) in [5.74, 6) is -0.561. The smallest absolute Gasteiger partial charge is 0.337 e. The molecule has 1 aromatic heterocycles. The van der Waals surface area contributed by atoms with Gasteiger partial charge in [-0.25, -0.2) is 9.78 Å². The lowest BCUT2D eigenvalue weighted by molar-refractivity contribution is 0.0658. The van der Waals surface area contributed by atoms with Gasteiger partial charge in [-0.05, 0) is 18.9 Å². The summed E-state index contributed by atoms with van der Waals surface area (Å²) in [7, 11) is 0. The maximum absolute atomic E-state index is 10.9. The second-order valence-corrected chi connectivity index (χ2v) is 4.97. The van der Waals surface area contributed by atoms with Crippen LogP contribution in [0.15, 0.2) is 12.3 Å². The molecule has 1 heterocycles. The number of carboxylic acid groups (broad SMARTS) is 1. The van der Waals surface area contributed by atoms with Crippen LogP contribution in [-0.2, 0) is 4.74 Å². The van der Waals surface area contributed by atoms with Gasteiger partial charge in [-0.15, -0.1) is 0 Å². The summed E-state index contributed by atoms with van der Waals surface area (Å²) in [5.41, 5.74) is 0.0517. The lowest BCUT2D eigenvalue weighted by Gasteiger charge is -2.12. The molecule has 0 atom stereocenters. The van der Waals surface area contributed by atoms with E-state index in [1.807, 2.05) is 0 Å². The first kappa shape index (κ1) is 14.1. The number of hydrogen-bond acceptors (Lipinski definition) is 4. The van der Waals surface area contributed by atoms with Gasteiger partial charge in [0.1, 0.15) is 5.82 Å². The Hall–Kier alpha value is -1.33. The van der Waals surface area contributed by atoms with Gasteiger partial charge in [-0.2, -0.15) is 0 Å². The molecule has 6 heteroatoms. The van der Waals surface area contributed by atoms with Gasteiger partial charge >= 0.3 is 5.97 Å². The molecule has 0 saturated heterocycles. The van der Waals surface area contributed by atoms with Crippen LogP contribution in [0.4, 0.5) is 5.82 Å². The zero-order valence-corrected chi connectivity index (χ0v) is 11.3. The highest BCUT2D eigenvalue weighted by molar-refractivity contribution is 6.33. The molecule has 1 aromatic rings. The standard InChI is InChI=1S/C13H17ClN2O3/c14-11-8-16-12(7-10(11)13(17)18)15-5-6-19-9-3-1-2-4-9/h7-9H,1-6H2,(H,15,16)(H,17,18). The van der Waals surface area contributed by atoms with Gasteiger partial charge in [-0.3, -0.25) is 0 Å². The second kappa shape index (κ2) is 6.73. The van der Waals surface area contributed by atoms with E-state index in [0.29, 0.717) is 25.1 Å². The summed E-state index contributed by atoms with van der Waals surface area (Å²) < 4.78 is 5.69. The van der Waals surface area contributed by atoms with Crippen molar-refractivity contribution in [3.05, 3.63) is 22.8 Å². The summed E-state index contributed by atoms with van der Waals surface area (Å²) >= 11 is 5.74. The Bertz CT molecular complexity index is 448. The van der Waals surface area contributed by atoms with Crippen molar-refractivity contribution < 1.29 is 14.6 Å². The van der Waals surface area contributed by atoms with E-state index >= 15 is 0 Å². The van der Waals surface area contributed by atoms with Crippen LogP contribution in [0.25, 0.3) is 0 Å². The van der Waals surface area contributed by atoms with Crippen LogP contribution in [0.2, 0.25) is 5.02 Å². The normalized spacial score (nSPS) is 15.6. The monoisotopic (exact) mass is 284 g/mol. The van der Waals surface area contributed by atoms with Crippen LogP contribution in [0.5, 0.6) is 0 Å². The van der Waals surface area contributed by atoms with Crippen LogP contribution in [0.3, 0.4) is 0 Å². The van der Waals surface area contributed by atoms with Gasteiger partial charge in [-0.1, -0.05) is 24.4 Å². The van der Waals surface area contributed by atoms with E-state index < -0.39 is 5.97 Å². The Morgan fingerprint density at radius 3 is 2.95 bits per heavy atom. The third-order valence-corrected chi connectivity index (χ3v) is 3.45. The number of halogens is 1. The number of hydrogen-bond donors (Lipinski definition) is 2. The minimum Gasteiger partial charge on any atom is -0.478 e. The first-order chi connectivity index (χ1) is 9.16.